The highest BCUT2D eigenvalue weighted by atomic mass is 16.1. The first-order chi connectivity index (χ1) is 16.8. The highest BCUT2D eigenvalue weighted by Gasteiger charge is 2.36. The van der Waals surface area contributed by atoms with Crippen LogP contribution < -0.4 is 10.2 Å². The fourth-order valence-corrected chi connectivity index (χ4v) is 4.49. The number of hydrogen-bond acceptors (Lipinski definition) is 7. The van der Waals surface area contributed by atoms with Crippen LogP contribution in [0.5, 0.6) is 0 Å². The molecule has 9 heteroatoms. The molecule has 1 saturated carbocycles. The van der Waals surface area contributed by atoms with Gasteiger partial charge in [0, 0.05) is 37.5 Å². The topological polar surface area (TPSA) is 113 Å². The zero-order chi connectivity index (χ0) is 24.6. The number of amides is 1. The molecule has 0 spiro atoms. The molecule has 4 heterocycles. The van der Waals surface area contributed by atoms with Gasteiger partial charge < -0.3 is 10.2 Å². The number of nitriles is 1. The van der Waals surface area contributed by atoms with Crippen molar-refractivity contribution in [1.82, 2.24) is 24.7 Å². The summed E-state index contributed by atoms with van der Waals surface area (Å²) >= 11 is 0. The van der Waals surface area contributed by atoms with Gasteiger partial charge in [0.2, 0.25) is 0 Å². The van der Waals surface area contributed by atoms with E-state index in [1.807, 2.05) is 43.8 Å². The van der Waals surface area contributed by atoms with Gasteiger partial charge in [0.05, 0.1) is 23.4 Å². The lowest BCUT2D eigenvalue weighted by molar-refractivity contribution is 0.102. The van der Waals surface area contributed by atoms with Crippen molar-refractivity contribution in [2.24, 2.45) is 17.3 Å². The summed E-state index contributed by atoms with van der Waals surface area (Å²) in [6.07, 6.45) is 7.25. The van der Waals surface area contributed by atoms with Crippen LogP contribution in [0.4, 0.5) is 11.6 Å². The molecule has 1 aliphatic carbocycles. The smallest absolute Gasteiger partial charge is 0.275 e. The standard InChI is InChI=1S/C26H30N8O/c1-17-29-23(11-24(30-17)33-10-9-20(15-33)26(2,3)16-27)32-25(35)22-6-4-5-21(31-22)19-12-28-34(14-19)13-18-7-8-18/h4-6,11-12,14,18,20H,7-10,13,15H2,1-3H3,(H,29,30,32,35). The summed E-state index contributed by atoms with van der Waals surface area (Å²) in [5, 5.41) is 16.8. The molecule has 0 aromatic carbocycles. The van der Waals surface area contributed by atoms with E-state index in [0.29, 0.717) is 23.0 Å². The minimum Gasteiger partial charge on any atom is -0.356 e. The number of carbonyl (C=O) groups is 1. The third-order valence-corrected chi connectivity index (χ3v) is 6.94. The van der Waals surface area contributed by atoms with Crippen molar-refractivity contribution in [3.05, 3.63) is 48.2 Å². The number of nitrogens with zero attached hydrogens (tertiary/aromatic N) is 7. The van der Waals surface area contributed by atoms with Crippen LogP contribution in [0.3, 0.4) is 0 Å². The monoisotopic (exact) mass is 470 g/mol. The van der Waals surface area contributed by atoms with Gasteiger partial charge in [0.1, 0.15) is 23.2 Å². The average Bonchev–Trinajstić information content (AvgIpc) is 3.31. The van der Waals surface area contributed by atoms with Crippen LogP contribution in [0.25, 0.3) is 11.3 Å². The minimum absolute atomic E-state index is 0.265. The zero-order valence-electron chi connectivity index (χ0n) is 20.4. The highest BCUT2D eigenvalue weighted by Crippen LogP contribution is 2.35. The summed E-state index contributed by atoms with van der Waals surface area (Å²) in [4.78, 5) is 28.7. The van der Waals surface area contributed by atoms with E-state index in [1.54, 1.807) is 18.3 Å². The molecule has 3 aromatic heterocycles. The first-order valence-corrected chi connectivity index (χ1v) is 12.1. The van der Waals surface area contributed by atoms with Crippen molar-refractivity contribution in [2.75, 3.05) is 23.3 Å². The van der Waals surface area contributed by atoms with E-state index in [4.69, 9.17) is 0 Å². The number of rotatable bonds is 7. The molecular formula is C26H30N8O. The SMILES string of the molecule is Cc1nc(NC(=O)c2cccc(-c3cnn(CC4CC4)c3)n2)cc(N2CCC(C(C)(C)C#N)C2)n1. The van der Waals surface area contributed by atoms with Crippen LogP contribution in [0.15, 0.2) is 36.7 Å². The summed E-state index contributed by atoms with van der Waals surface area (Å²) in [5.74, 6) is 2.44. The molecule has 1 unspecified atom stereocenters. The predicted molar refractivity (Wildman–Crippen MR) is 133 cm³/mol. The molecule has 35 heavy (non-hydrogen) atoms. The number of pyridine rings is 1. The van der Waals surface area contributed by atoms with Gasteiger partial charge in [-0.3, -0.25) is 9.48 Å². The largest absolute Gasteiger partial charge is 0.356 e. The van der Waals surface area contributed by atoms with Gasteiger partial charge in [-0.2, -0.15) is 10.4 Å². The molecule has 1 aliphatic heterocycles. The van der Waals surface area contributed by atoms with Gasteiger partial charge in [-0.1, -0.05) is 6.07 Å². The van der Waals surface area contributed by atoms with E-state index in [-0.39, 0.29) is 17.2 Å². The quantitative estimate of drug-likeness (QED) is 0.553. The van der Waals surface area contributed by atoms with Crippen molar-refractivity contribution in [1.29, 1.82) is 5.26 Å². The maximum absolute atomic E-state index is 13.0. The Morgan fingerprint density at radius 3 is 2.83 bits per heavy atom. The van der Waals surface area contributed by atoms with Gasteiger partial charge >= 0.3 is 0 Å². The lowest BCUT2D eigenvalue weighted by Crippen LogP contribution is -2.27. The Morgan fingerprint density at radius 1 is 1.23 bits per heavy atom. The van der Waals surface area contributed by atoms with E-state index < -0.39 is 0 Å². The Kier molecular flexibility index (Phi) is 5.97. The van der Waals surface area contributed by atoms with Crippen molar-refractivity contribution < 1.29 is 4.79 Å². The molecule has 1 saturated heterocycles. The molecule has 5 rings (SSSR count). The molecule has 0 radical (unpaired) electrons. The molecule has 2 fully saturated rings. The average molecular weight is 471 g/mol. The highest BCUT2D eigenvalue weighted by molar-refractivity contribution is 6.02. The first kappa shape index (κ1) is 23.0. The van der Waals surface area contributed by atoms with Gasteiger partial charge in [-0.15, -0.1) is 0 Å². The fourth-order valence-electron chi connectivity index (χ4n) is 4.49. The number of hydrogen-bond donors (Lipinski definition) is 1. The van der Waals surface area contributed by atoms with Crippen molar-refractivity contribution >= 4 is 17.5 Å². The van der Waals surface area contributed by atoms with Gasteiger partial charge in [-0.05, 0) is 64.0 Å². The predicted octanol–water partition coefficient (Wildman–Crippen LogP) is 4.08. The third-order valence-electron chi connectivity index (χ3n) is 6.94. The number of anilines is 2. The van der Waals surface area contributed by atoms with Crippen LogP contribution in [0, 0.1) is 35.5 Å². The second-order valence-electron chi connectivity index (χ2n) is 10.2. The summed E-state index contributed by atoms with van der Waals surface area (Å²) in [7, 11) is 0. The van der Waals surface area contributed by atoms with Crippen LogP contribution in [-0.2, 0) is 6.54 Å². The molecule has 3 aromatic rings. The third kappa shape index (κ3) is 5.16. The summed E-state index contributed by atoms with van der Waals surface area (Å²) in [6, 6.07) is 9.61. The van der Waals surface area contributed by atoms with Gasteiger partial charge in [0.25, 0.3) is 5.91 Å². The van der Waals surface area contributed by atoms with Crippen LogP contribution in [0.1, 0.15) is 49.4 Å². The molecular weight excluding hydrogens is 440 g/mol. The molecule has 180 valence electrons. The number of nitrogens with one attached hydrogen (secondary N) is 1. The second-order valence-corrected chi connectivity index (χ2v) is 10.2. The van der Waals surface area contributed by atoms with Gasteiger partial charge in [-0.25, -0.2) is 15.0 Å². The van der Waals surface area contributed by atoms with E-state index >= 15 is 0 Å². The van der Waals surface area contributed by atoms with E-state index in [1.165, 1.54) is 12.8 Å². The maximum Gasteiger partial charge on any atom is 0.275 e. The second kappa shape index (κ2) is 9.10. The Labute approximate surface area is 205 Å². The van der Waals surface area contributed by atoms with Crippen molar-refractivity contribution in [3.63, 3.8) is 0 Å². The summed E-state index contributed by atoms with van der Waals surface area (Å²) in [6.45, 7) is 8.28. The van der Waals surface area contributed by atoms with E-state index in [2.05, 4.69) is 36.3 Å². The lowest BCUT2D eigenvalue weighted by atomic mass is 9.80. The number of aryl methyl sites for hydroxylation is 1. The van der Waals surface area contributed by atoms with E-state index in [9.17, 15) is 10.1 Å². The molecule has 9 nitrogen and oxygen atoms in total. The molecule has 2 aliphatic rings. The normalized spacial score (nSPS) is 17.9. The molecule has 1 atom stereocenters. The Balaban J connectivity index is 1.30. The van der Waals surface area contributed by atoms with Crippen molar-refractivity contribution in [2.45, 2.75) is 46.6 Å². The van der Waals surface area contributed by atoms with Crippen LogP contribution in [0.2, 0.25) is 0 Å². The first-order valence-electron chi connectivity index (χ1n) is 12.1. The number of carbonyl (C=O) groups excluding carboxylic acids is 1. The van der Waals surface area contributed by atoms with E-state index in [0.717, 1.165) is 43.4 Å². The summed E-state index contributed by atoms with van der Waals surface area (Å²) in [5.41, 5.74) is 1.53. The number of aromatic nitrogens is 5. The zero-order valence-corrected chi connectivity index (χ0v) is 20.4. The summed E-state index contributed by atoms with van der Waals surface area (Å²) < 4.78 is 1.95. The fraction of sp³-hybridized carbons (Fsp3) is 0.462. The molecule has 1 N–H and O–H groups in total. The Bertz CT molecular complexity index is 1290. The van der Waals surface area contributed by atoms with Crippen LogP contribution >= 0.6 is 0 Å². The Hall–Kier alpha value is -3.80. The minimum atomic E-state index is -0.390. The Morgan fingerprint density at radius 2 is 2.06 bits per heavy atom. The maximum atomic E-state index is 13.0. The molecule has 1 amide bonds. The van der Waals surface area contributed by atoms with Gasteiger partial charge in [0.15, 0.2) is 0 Å². The molecule has 0 bridgehead atoms. The van der Waals surface area contributed by atoms with Crippen molar-refractivity contribution in [3.8, 4) is 17.3 Å². The van der Waals surface area contributed by atoms with Crippen LogP contribution in [-0.4, -0.2) is 43.7 Å². The lowest BCUT2D eigenvalue weighted by Gasteiger charge is -2.24.